The summed E-state index contributed by atoms with van der Waals surface area (Å²) in [5, 5.41) is 4.10. The molecular weight excluding hydrogens is 381 g/mol. The van der Waals surface area contributed by atoms with Crippen LogP contribution >= 0.6 is 22.6 Å². The Balaban J connectivity index is 2.15. The number of hydrogen-bond donors (Lipinski definition) is 0. The van der Waals surface area contributed by atoms with E-state index in [2.05, 4.69) is 36.0 Å². The Morgan fingerprint density at radius 1 is 1.19 bits per heavy atom. The molecule has 0 atom stereocenters. The van der Waals surface area contributed by atoms with E-state index in [1.54, 1.807) is 12.4 Å². The molecule has 8 nitrogen and oxygen atoms in total. The summed E-state index contributed by atoms with van der Waals surface area (Å²) >= 11 is 8.50. The smallest absolute Gasteiger partial charge is 0.382 e. The topological polar surface area (TPSA) is 84.2 Å². The summed E-state index contributed by atoms with van der Waals surface area (Å²) in [5.41, 5.74) is 0. The van der Waals surface area contributed by atoms with Crippen LogP contribution in [-0.2, 0) is 20.9 Å². The van der Waals surface area contributed by atoms with E-state index in [1.165, 1.54) is 11.0 Å². The van der Waals surface area contributed by atoms with Gasteiger partial charge in [0.15, 0.2) is 0 Å². The number of rotatable bonds is 7. The van der Waals surface area contributed by atoms with Crippen LogP contribution in [0.1, 0.15) is 13.8 Å². The lowest BCUT2D eigenvalue weighted by atomic mass is 10.7. The van der Waals surface area contributed by atoms with Gasteiger partial charge in [-0.2, -0.15) is 9.67 Å². The van der Waals surface area contributed by atoms with Gasteiger partial charge in [-0.1, -0.05) is 0 Å². The summed E-state index contributed by atoms with van der Waals surface area (Å²) in [7, 11) is 0. The van der Waals surface area contributed by atoms with Crippen LogP contribution in [-0.4, -0.2) is 37.9 Å². The minimum atomic E-state index is -2.88. The van der Waals surface area contributed by atoms with E-state index in [4.69, 9.17) is 25.4 Å². The van der Waals surface area contributed by atoms with Crippen molar-refractivity contribution in [3.63, 3.8) is 0 Å². The fourth-order valence-corrected chi connectivity index (χ4v) is 3.45. The van der Waals surface area contributed by atoms with Gasteiger partial charge in [-0.05, 0) is 29.8 Å². The second-order valence-electron chi connectivity index (χ2n) is 3.55. The highest BCUT2D eigenvalue weighted by atomic mass is 79.9. The molecule has 0 saturated heterocycles. The first-order valence-corrected chi connectivity index (χ1v) is 9.39. The van der Waals surface area contributed by atoms with Crippen molar-refractivity contribution in [1.82, 2.24) is 24.7 Å². The molecule has 0 aromatic carbocycles. The van der Waals surface area contributed by atoms with Gasteiger partial charge in [0, 0.05) is 24.2 Å². The van der Waals surface area contributed by atoms with E-state index in [0.717, 1.165) is 4.47 Å². The molecule has 0 spiro atoms. The minimum Gasteiger partial charge on any atom is -0.388 e. The molecule has 2 aromatic rings. The predicted molar refractivity (Wildman–Crippen MR) is 82.8 cm³/mol. The van der Waals surface area contributed by atoms with Gasteiger partial charge >= 0.3 is 12.7 Å². The van der Waals surface area contributed by atoms with E-state index in [1.807, 2.05) is 13.8 Å². The highest BCUT2D eigenvalue weighted by Crippen LogP contribution is 2.48. The van der Waals surface area contributed by atoms with Crippen molar-refractivity contribution in [3.05, 3.63) is 23.2 Å². The molecule has 0 radical (unpaired) electrons. The van der Waals surface area contributed by atoms with Gasteiger partial charge in [0.05, 0.1) is 17.7 Å². The van der Waals surface area contributed by atoms with Crippen molar-refractivity contribution >= 4 is 34.5 Å². The van der Waals surface area contributed by atoms with Crippen molar-refractivity contribution in [1.29, 1.82) is 0 Å². The highest BCUT2D eigenvalue weighted by molar-refractivity contribution is 9.10. The normalized spacial score (nSPS) is 11.6. The van der Waals surface area contributed by atoms with Crippen LogP contribution in [0, 0.1) is 0 Å². The van der Waals surface area contributed by atoms with Crippen LogP contribution in [0.15, 0.2) is 23.2 Å². The molecule has 2 heterocycles. The van der Waals surface area contributed by atoms with Crippen LogP contribution in [0.2, 0.25) is 0 Å². The van der Waals surface area contributed by atoms with Crippen molar-refractivity contribution < 1.29 is 13.6 Å². The zero-order valence-electron chi connectivity index (χ0n) is 11.3. The number of halogens is 1. The third-order valence-electron chi connectivity index (χ3n) is 2.05. The number of nitrogens with zero attached hydrogens (tertiary/aromatic N) is 5. The maximum atomic E-state index is 5.48. The molecule has 0 saturated carbocycles. The second kappa shape index (κ2) is 7.37. The summed E-state index contributed by atoms with van der Waals surface area (Å²) < 4.78 is 18.3. The Kier molecular flexibility index (Phi) is 5.77. The average molecular weight is 394 g/mol. The van der Waals surface area contributed by atoms with Crippen molar-refractivity contribution in [2.24, 2.45) is 0 Å². The Labute approximate surface area is 135 Å². The van der Waals surface area contributed by atoms with Gasteiger partial charge in [-0.25, -0.2) is 9.97 Å². The maximum absolute atomic E-state index is 5.48. The predicted octanol–water partition coefficient (Wildman–Crippen LogP) is 2.50. The zero-order chi connectivity index (χ0) is 15.3. The number of aromatic nitrogens is 5. The van der Waals surface area contributed by atoms with Crippen molar-refractivity contribution in [2.45, 2.75) is 13.8 Å². The lowest BCUT2D eigenvalue weighted by molar-refractivity contribution is 0.214. The lowest BCUT2D eigenvalue weighted by Crippen LogP contribution is -2.04. The quantitative estimate of drug-likeness (QED) is 0.663. The molecule has 2 aromatic heterocycles. The van der Waals surface area contributed by atoms with E-state index in [9.17, 15) is 0 Å². The maximum Gasteiger partial charge on any atom is 0.382 e. The third kappa shape index (κ3) is 4.52. The van der Waals surface area contributed by atoms with Gasteiger partial charge in [0.25, 0.3) is 5.95 Å². The zero-order valence-corrected chi connectivity index (χ0v) is 14.6. The van der Waals surface area contributed by atoms with Crippen molar-refractivity contribution in [3.8, 4) is 12.0 Å². The first-order chi connectivity index (χ1) is 10.1. The van der Waals surface area contributed by atoms with E-state index >= 15 is 0 Å². The highest BCUT2D eigenvalue weighted by Gasteiger charge is 2.23. The molecular formula is C10H13BrN5O3PS. The molecule has 0 bridgehead atoms. The van der Waals surface area contributed by atoms with Crippen LogP contribution in [0.4, 0.5) is 0 Å². The van der Waals surface area contributed by atoms with E-state index < -0.39 is 6.72 Å². The van der Waals surface area contributed by atoms with Crippen LogP contribution in [0.3, 0.4) is 0 Å². The fraction of sp³-hybridized carbons (Fsp3) is 0.400. The molecule has 0 amide bonds. The summed E-state index contributed by atoms with van der Waals surface area (Å²) in [4.78, 5) is 12.2. The largest absolute Gasteiger partial charge is 0.388 e. The third-order valence-corrected chi connectivity index (χ3v) is 4.85. The van der Waals surface area contributed by atoms with Crippen LogP contribution < -0.4 is 4.52 Å². The van der Waals surface area contributed by atoms with E-state index in [0.29, 0.717) is 19.2 Å². The monoisotopic (exact) mass is 393 g/mol. The molecule has 11 heteroatoms. The minimum absolute atomic E-state index is 0.0618. The Bertz CT molecular complexity index is 628. The first kappa shape index (κ1) is 16.4. The van der Waals surface area contributed by atoms with Crippen LogP contribution in [0.5, 0.6) is 6.01 Å². The SMILES string of the molecule is CCOP(=S)(OCC)Oc1ncn(-c2ncc(Br)cn2)n1. The van der Waals surface area contributed by atoms with Crippen LogP contribution in [0.25, 0.3) is 5.95 Å². The fourth-order valence-electron chi connectivity index (χ4n) is 1.32. The number of hydrogen-bond acceptors (Lipinski definition) is 8. The first-order valence-electron chi connectivity index (χ1n) is 6.04. The Morgan fingerprint density at radius 2 is 1.81 bits per heavy atom. The Morgan fingerprint density at radius 3 is 2.38 bits per heavy atom. The standard InChI is InChI=1S/C10H13BrN5O3PS/c1-3-17-20(21,18-4-2)19-10-14-7-16(15-10)9-12-5-8(11)6-13-9/h5-7H,3-4H2,1-2H3. The molecule has 0 unspecified atom stereocenters. The van der Waals surface area contributed by atoms with Crippen molar-refractivity contribution in [2.75, 3.05) is 13.2 Å². The summed E-state index contributed by atoms with van der Waals surface area (Å²) in [6.07, 6.45) is 4.64. The summed E-state index contributed by atoms with van der Waals surface area (Å²) in [5.74, 6) is 0.363. The van der Waals surface area contributed by atoms with E-state index in [-0.39, 0.29) is 6.01 Å². The molecule has 114 valence electrons. The second-order valence-corrected chi connectivity index (χ2v) is 7.40. The molecule has 0 aliphatic rings. The molecule has 0 aliphatic heterocycles. The van der Waals surface area contributed by atoms with Gasteiger partial charge in [0.2, 0.25) is 0 Å². The van der Waals surface area contributed by atoms with Gasteiger partial charge < -0.3 is 4.52 Å². The molecule has 0 N–H and O–H groups in total. The van der Waals surface area contributed by atoms with Gasteiger partial charge in [0.1, 0.15) is 6.33 Å². The average Bonchev–Trinajstić information content (AvgIpc) is 2.88. The molecule has 0 aliphatic carbocycles. The summed E-state index contributed by atoms with van der Waals surface area (Å²) in [6, 6.07) is 0.0618. The molecule has 21 heavy (non-hydrogen) atoms. The molecule has 0 fully saturated rings. The molecule has 2 rings (SSSR count). The summed E-state index contributed by atoms with van der Waals surface area (Å²) in [6.45, 7) is 1.51. The van der Waals surface area contributed by atoms with Gasteiger partial charge in [-0.3, -0.25) is 9.05 Å². The van der Waals surface area contributed by atoms with Gasteiger partial charge in [-0.15, -0.1) is 5.10 Å². The Hall–Kier alpha value is -0.930. The lowest BCUT2D eigenvalue weighted by Gasteiger charge is -2.18.